The zero-order chi connectivity index (χ0) is 11.5. The minimum absolute atomic E-state index is 0.105. The molecular weight excluding hydrogens is 214 g/mol. The van der Waals surface area contributed by atoms with Gasteiger partial charge in [0.2, 0.25) is 0 Å². The average Bonchev–Trinajstić information content (AvgIpc) is 2.78. The summed E-state index contributed by atoms with van der Waals surface area (Å²) in [4.78, 5) is 24.3. The van der Waals surface area contributed by atoms with E-state index in [-0.39, 0.29) is 5.91 Å². The summed E-state index contributed by atoms with van der Waals surface area (Å²) in [6, 6.07) is 0. The molecule has 0 aliphatic carbocycles. The Kier molecular flexibility index (Phi) is 3.40. The van der Waals surface area contributed by atoms with E-state index in [1.807, 2.05) is 0 Å². The van der Waals surface area contributed by atoms with Crippen molar-refractivity contribution in [2.24, 2.45) is 0 Å². The van der Waals surface area contributed by atoms with Crippen LogP contribution in [0.5, 0.6) is 0 Å². The van der Waals surface area contributed by atoms with Gasteiger partial charge >= 0.3 is 5.97 Å². The molecule has 1 amide bonds. The van der Waals surface area contributed by atoms with Gasteiger partial charge < -0.3 is 19.5 Å². The standard InChI is InChI=1S/C10H15NO5/c12-9(11-3-5-15-6-4-11)7-1-2-8(16-7)10(13)14/h7-8H,1-6H2,(H,13,14)/t7-,8+/m0/s1. The zero-order valence-electron chi connectivity index (χ0n) is 8.92. The van der Waals surface area contributed by atoms with E-state index in [1.54, 1.807) is 4.90 Å². The first-order valence-electron chi connectivity index (χ1n) is 5.43. The number of rotatable bonds is 2. The van der Waals surface area contributed by atoms with E-state index in [9.17, 15) is 9.59 Å². The lowest BCUT2D eigenvalue weighted by molar-refractivity contribution is -0.156. The zero-order valence-corrected chi connectivity index (χ0v) is 8.92. The second kappa shape index (κ2) is 4.80. The van der Waals surface area contributed by atoms with Gasteiger partial charge in [0.1, 0.15) is 6.10 Å². The van der Waals surface area contributed by atoms with Crippen molar-refractivity contribution < 1.29 is 24.2 Å². The van der Waals surface area contributed by atoms with Crippen LogP contribution in [-0.4, -0.2) is 60.4 Å². The van der Waals surface area contributed by atoms with Crippen LogP contribution in [0.1, 0.15) is 12.8 Å². The number of carboxylic acids is 1. The Morgan fingerprint density at radius 2 is 1.75 bits per heavy atom. The topological polar surface area (TPSA) is 76.1 Å². The molecule has 0 spiro atoms. The van der Waals surface area contributed by atoms with E-state index in [1.165, 1.54) is 0 Å². The van der Waals surface area contributed by atoms with Crippen LogP contribution in [0, 0.1) is 0 Å². The molecule has 16 heavy (non-hydrogen) atoms. The summed E-state index contributed by atoms with van der Waals surface area (Å²) in [5, 5.41) is 8.75. The second-order valence-corrected chi connectivity index (χ2v) is 3.97. The van der Waals surface area contributed by atoms with Gasteiger partial charge in [-0.3, -0.25) is 4.79 Å². The summed E-state index contributed by atoms with van der Waals surface area (Å²) in [6.07, 6.45) is -0.502. The molecule has 6 heteroatoms. The van der Waals surface area contributed by atoms with Crippen molar-refractivity contribution in [2.45, 2.75) is 25.0 Å². The summed E-state index contributed by atoms with van der Waals surface area (Å²) in [7, 11) is 0. The first-order valence-corrected chi connectivity index (χ1v) is 5.43. The molecule has 2 rings (SSSR count). The maximum Gasteiger partial charge on any atom is 0.332 e. The van der Waals surface area contributed by atoms with E-state index in [0.717, 1.165) is 0 Å². The molecule has 0 bridgehead atoms. The maximum absolute atomic E-state index is 11.9. The van der Waals surface area contributed by atoms with Crippen LogP contribution in [0.2, 0.25) is 0 Å². The van der Waals surface area contributed by atoms with Gasteiger partial charge in [-0.15, -0.1) is 0 Å². The maximum atomic E-state index is 11.9. The molecule has 0 aromatic heterocycles. The third kappa shape index (κ3) is 2.33. The van der Waals surface area contributed by atoms with E-state index in [4.69, 9.17) is 14.6 Å². The summed E-state index contributed by atoms with van der Waals surface area (Å²) < 4.78 is 10.3. The predicted molar refractivity (Wildman–Crippen MR) is 52.9 cm³/mol. The average molecular weight is 229 g/mol. The monoisotopic (exact) mass is 229 g/mol. The van der Waals surface area contributed by atoms with Crippen molar-refractivity contribution >= 4 is 11.9 Å². The smallest absolute Gasteiger partial charge is 0.332 e. The molecule has 0 unspecified atom stereocenters. The summed E-state index contributed by atoms with van der Waals surface area (Å²) in [5.74, 6) is -1.09. The molecule has 0 saturated carbocycles. The summed E-state index contributed by atoms with van der Waals surface area (Å²) in [6.45, 7) is 2.22. The lowest BCUT2D eigenvalue weighted by Gasteiger charge is -2.28. The van der Waals surface area contributed by atoms with E-state index >= 15 is 0 Å². The number of hydrogen-bond donors (Lipinski definition) is 1. The molecule has 0 aromatic rings. The van der Waals surface area contributed by atoms with Gasteiger partial charge in [-0.05, 0) is 12.8 Å². The van der Waals surface area contributed by atoms with E-state index in [2.05, 4.69) is 0 Å². The molecule has 6 nitrogen and oxygen atoms in total. The Bertz CT molecular complexity index is 287. The van der Waals surface area contributed by atoms with Crippen molar-refractivity contribution in [3.8, 4) is 0 Å². The molecule has 2 atom stereocenters. The van der Waals surface area contributed by atoms with Gasteiger partial charge in [0.25, 0.3) is 5.91 Å². The van der Waals surface area contributed by atoms with Crippen LogP contribution in [0.3, 0.4) is 0 Å². The quantitative estimate of drug-likeness (QED) is 0.689. The number of ether oxygens (including phenoxy) is 2. The summed E-state index contributed by atoms with van der Waals surface area (Å²) in [5.41, 5.74) is 0. The van der Waals surface area contributed by atoms with Crippen LogP contribution < -0.4 is 0 Å². The first kappa shape index (κ1) is 11.3. The second-order valence-electron chi connectivity index (χ2n) is 3.97. The van der Waals surface area contributed by atoms with Gasteiger partial charge in [-0.1, -0.05) is 0 Å². The Morgan fingerprint density at radius 3 is 2.31 bits per heavy atom. The third-order valence-electron chi connectivity index (χ3n) is 2.89. The number of carbonyl (C=O) groups is 2. The van der Waals surface area contributed by atoms with E-state index < -0.39 is 18.2 Å². The van der Waals surface area contributed by atoms with Gasteiger partial charge in [-0.25, -0.2) is 4.79 Å². The Morgan fingerprint density at radius 1 is 1.12 bits per heavy atom. The molecule has 2 saturated heterocycles. The van der Waals surface area contributed by atoms with Crippen LogP contribution in [0.25, 0.3) is 0 Å². The molecule has 2 heterocycles. The molecule has 0 radical (unpaired) electrons. The van der Waals surface area contributed by atoms with Crippen LogP contribution >= 0.6 is 0 Å². The fourth-order valence-corrected chi connectivity index (χ4v) is 1.99. The lowest BCUT2D eigenvalue weighted by atomic mass is 10.2. The minimum Gasteiger partial charge on any atom is -0.479 e. The molecule has 2 aliphatic rings. The first-order chi connectivity index (χ1) is 7.68. The molecule has 1 N–H and O–H groups in total. The number of carboxylic acid groups (broad SMARTS) is 1. The lowest BCUT2D eigenvalue weighted by Crippen LogP contribution is -2.45. The van der Waals surface area contributed by atoms with Crippen molar-refractivity contribution in [3.63, 3.8) is 0 Å². The highest BCUT2D eigenvalue weighted by Crippen LogP contribution is 2.21. The predicted octanol–water partition coefficient (Wildman–Crippen LogP) is -0.523. The van der Waals surface area contributed by atoms with Crippen LogP contribution in [-0.2, 0) is 19.1 Å². The highest BCUT2D eigenvalue weighted by atomic mass is 16.5. The fraction of sp³-hybridized carbons (Fsp3) is 0.800. The minimum atomic E-state index is -0.989. The van der Waals surface area contributed by atoms with E-state index in [0.29, 0.717) is 39.1 Å². The number of nitrogens with zero attached hydrogens (tertiary/aromatic N) is 1. The third-order valence-corrected chi connectivity index (χ3v) is 2.89. The molecule has 90 valence electrons. The molecular formula is C10H15NO5. The number of carbonyl (C=O) groups excluding carboxylic acids is 1. The van der Waals surface area contributed by atoms with Crippen LogP contribution in [0.4, 0.5) is 0 Å². The largest absolute Gasteiger partial charge is 0.479 e. The number of hydrogen-bond acceptors (Lipinski definition) is 4. The Hall–Kier alpha value is -1.14. The Labute approximate surface area is 93.1 Å². The number of amides is 1. The summed E-state index contributed by atoms with van der Waals surface area (Å²) >= 11 is 0. The molecule has 0 aromatic carbocycles. The van der Waals surface area contributed by atoms with Crippen molar-refractivity contribution in [3.05, 3.63) is 0 Å². The molecule has 2 aliphatic heterocycles. The van der Waals surface area contributed by atoms with Gasteiger partial charge in [-0.2, -0.15) is 0 Å². The highest BCUT2D eigenvalue weighted by Gasteiger charge is 2.36. The molecule has 2 fully saturated rings. The number of morpholine rings is 1. The van der Waals surface area contributed by atoms with Crippen molar-refractivity contribution in [2.75, 3.05) is 26.3 Å². The Balaban J connectivity index is 1.88. The van der Waals surface area contributed by atoms with Gasteiger partial charge in [0.05, 0.1) is 13.2 Å². The van der Waals surface area contributed by atoms with Crippen molar-refractivity contribution in [1.82, 2.24) is 4.90 Å². The van der Waals surface area contributed by atoms with Gasteiger partial charge in [0, 0.05) is 13.1 Å². The normalized spacial score (nSPS) is 30.4. The van der Waals surface area contributed by atoms with Crippen molar-refractivity contribution in [1.29, 1.82) is 0 Å². The highest BCUT2D eigenvalue weighted by molar-refractivity contribution is 5.82. The van der Waals surface area contributed by atoms with Gasteiger partial charge in [0.15, 0.2) is 6.10 Å². The number of aliphatic carboxylic acids is 1. The fourth-order valence-electron chi connectivity index (χ4n) is 1.99. The SMILES string of the molecule is O=C(O)[C@H]1CC[C@@H](C(=O)N2CCOCC2)O1. The van der Waals surface area contributed by atoms with Crippen LogP contribution in [0.15, 0.2) is 0 Å².